The first-order chi connectivity index (χ1) is 8.40. The summed E-state index contributed by atoms with van der Waals surface area (Å²) in [4.78, 5) is 12.1. The number of benzene rings is 1. The molecule has 1 rings (SSSR count). The lowest BCUT2D eigenvalue weighted by atomic mass is 10.1. The van der Waals surface area contributed by atoms with E-state index in [1.807, 2.05) is 12.1 Å². The van der Waals surface area contributed by atoms with Crippen molar-refractivity contribution in [1.29, 1.82) is 0 Å². The van der Waals surface area contributed by atoms with Crippen molar-refractivity contribution in [3.05, 3.63) is 29.8 Å². The molecule has 0 radical (unpaired) electrons. The van der Waals surface area contributed by atoms with Crippen LogP contribution in [-0.2, 0) is 16.1 Å². The molecule has 0 saturated heterocycles. The predicted octanol–water partition coefficient (Wildman–Crippen LogP) is 2.84. The van der Waals surface area contributed by atoms with Crippen LogP contribution in [0.25, 0.3) is 0 Å². The van der Waals surface area contributed by atoms with Gasteiger partial charge in [-0.1, -0.05) is 12.1 Å². The van der Waals surface area contributed by atoms with E-state index in [4.69, 9.17) is 0 Å². The van der Waals surface area contributed by atoms with E-state index in [1.54, 1.807) is 0 Å². The standard InChI is InChI=1S/C14H21NO2S/c1-14(2,3)15-9-11-5-7-12(8-6-11)18-10-13(16)17-4/h5-8,15H,9-10H2,1-4H3. The first-order valence-corrected chi connectivity index (χ1v) is 6.93. The summed E-state index contributed by atoms with van der Waals surface area (Å²) < 4.78 is 4.60. The van der Waals surface area contributed by atoms with E-state index in [2.05, 4.69) is 43.0 Å². The molecule has 0 fully saturated rings. The minimum absolute atomic E-state index is 0.123. The minimum Gasteiger partial charge on any atom is -0.468 e. The van der Waals surface area contributed by atoms with E-state index in [0.29, 0.717) is 5.75 Å². The molecule has 4 heteroatoms. The first-order valence-electron chi connectivity index (χ1n) is 5.94. The number of carbonyl (C=O) groups is 1. The van der Waals surface area contributed by atoms with Crippen molar-refractivity contribution < 1.29 is 9.53 Å². The average molecular weight is 267 g/mol. The molecular formula is C14H21NO2S. The number of methoxy groups -OCH3 is 1. The maximum Gasteiger partial charge on any atom is 0.315 e. The zero-order valence-corrected chi connectivity index (χ0v) is 12.3. The van der Waals surface area contributed by atoms with Gasteiger partial charge in [-0.2, -0.15) is 0 Å². The second-order valence-corrected chi connectivity index (χ2v) is 6.16. The molecule has 1 N–H and O–H groups in total. The molecule has 0 heterocycles. The second kappa shape index (κ2) is 6.81. The van der Waals surface area contributed by atoms with Crippen LogP contribution in [-0.4, -0.2) is 24.4 Å². The van der Waals surface area contributed by atoms with Gasteiger partial charge >= 0.3 is 5.97 Å². The highest BCUT2D eigenvalue weighted by Gasteiger charge is 2.08. The number of hydrogen-bond acceptors (Lipinski definition) is 4. The Morgan fingerprint density at radius 1 is 1.28 bits per heavy atom. The summed E-state index contributed by atoms with van der Waals surface area (Å²) >= 11 is 1.49. The molecule has 0 aromatic heterocycles. The second-order valence-electron chi connectivity index (χ2n) is 5.11. The number of thioether (sulfide) groups is 1. The number of rotatable bonds is 5. The highest BCUT2D eigenvalue weighted by molar-refractivity contribution is 8.00. The van der Waals surface area contributed by atoms with Crippen molar-refractivity contribution in [3.63, 3.8) is 0 Å². The Morgan fingerprint density at radius 2 is 1.89 bits per heavy atom. The molecular weight excluding hydrogens is 246 g/mol. The van der Waals surface area contributed by atoms with Crippen LogP contribution in [0.4, 0.5) is 0 Å². The van der Waals surface area contributed by atoms with Crippen LogP contribution < -0.4 is 5.32 Å². The quantitative estimate of drug-likeness (QED) is 0.657. The highest BCUT2D eigenvalue weighted by atomic mass is 32.2. The number of nitrogens with one attached hydrogen (secondary N) is 1. The van der Waals surface area contributed by atoms with Gasteiger partial charge in [-0.15, -0.1) is 11.8 Å². The van der Waals surface area contributed by atoms with Crippen LogP contribution in [0.15, 0.2) is 29.2 Å². The predicted molar refractivity (Wildman–Crippen MR) is 75.8 cm³/mol. The Kier molecular flexibility index (Phi) is 5.69. The lowest BCUT2D eigenvalue weighted by Gasteiger charge is -2.20. The van der Waals surface area contributed by atoms with E-state index < -0.39 is 0 Å². The van der Waals surface area contributed by atoms with Crippen molar-refractivity contribution in [3.8, 4) is 0 Å². The van der Waals surface area contributed by atoms with Crippen LogP contribution >= 0.6 is 11.8 Å². The molecule has 0 aliphatic heterocycles. The fourth-order valence-electron chi connectivity index (χ4n) is 1.27. The zero-order valence-electron chi connectivity index (χ0n) is 11.4. The van der Waals surface area contributed by atoms with Gasteiger partial charge in [0.05, 0.1) is 12.9 Å². The van der Waals surface area contributed by atoms with E-state index >= 15 is 0 Å². The third kappa shape index (κ3) is 6.07. The summed E-state index contributed by atoms with van der Waals surface area (Å²) in [6, 6.07) is 8.23. The van der Waals surface area contributed by atoms with Crippen molar-refractivity contribution in [2.45, 2.75) is 37.8 Å². The molecule has 1 aromatic carbocycles. The Hall–Kier alpha value is -1.00. The number of esters is 1. The van der Waals surface area contributed by atoms with Gasteiger partial charge in [-0.3, -0.25) is 4.79 Å². The van der Waals surface area contributed by atoms with Crippen LogP contribution in [0.2, 0.25) is 0 Å². The van der Waals surface area contributed by atoms with Crippen molar-refractivity contribution in [2.24, 2.45) is 0 Å². The largest absolute Gasteiger partial charge is 0.468 e. The number of ether oxygens (including phenoxy) is 1. The van der Waals surface area contributed by atoms with Gasteiger partial charge in [-0.05, 0) is 38.5 Å². The van der Waals surface area contributed by atoms with Crippen LogP contribution in [0.5, 0.6) is 0 Å². The van der Waals surface area contributed by atoms with Gasteiger partial charge in [0.1, 0.15) is 0 Å². The Labute approximate surface area is 113 Å². The maximum absolute atomic E-state index is 11.0. The van der Waals surface area contributed by atoms with E-state index in [1.165, 1.54) is 24.4 Å². The molecule has 0 amide bonds. The van der Waals surface area contributed by atoms with Crippen molar-refractivity contribution in [2.75, 3.05) is 12.9 Å². The van der Waals surface area contributed by atoms with Gasteiger partial charge < -0.3 is 10.1 Å². The Balaban J connectivity index is 2.45. The Morgan fingerprint density at radius 3 is 2.39 bits per heavy atom. The van der Waals surface area contributed by atoms with Gasteiger partial charge in [0.2, 0.25) is 0 Å². The SMILES string of the molecule is COC(=O)CSc1ccc(CNC(C)(C)C)cc1. The van der Waals surface area contributed by atoms with Crippen LogP contribution in [0.3, 0.4) is 0 Å². The van der Waals surface area contributed by atoms with Gasteiger partial charge in [0, 0.05) is 17.0 Å². The fraction of sp³-hybridized carbons (Fsp3) is 0.500. The summed E-state index contributed by atoms with van der Waals surface area (Å²) in [5, 5.41) is 3.44. The maximum atomic E-state index is 11.0. The molecule has 0 unspecified atom stereocenters. The molecule has 0 aliphatic rings. The third-order valence-electron chi connectivity index (χ3n) is 2.33. The van der Waals surface area contributed by atoms with Crippen LogP contribution in [0, 0.1) is 0 Å². The number of hydrogen-bond donors (Lipinski definition) is 1. The first kappa shape index (κ1) is 15.1. The molecule has 0 bridgehead atoms. The van der Waals surface area contributed by atoms with Crippen LogP contribution in [0.1, 0.15) is 26.3 Å². The topological polar surface area (TPSA) is 38.3 Å². The third-order valence-corrected chi connectivity index (χ3v) is 3.32. The highest BCUT2D eigenvalue weighted by Crippen LogP contribution is 2.18. The fourth-order valence-corrected chi connectivity index (χ4v) is 2.00. The van der Waals surface area contributed by atoms with Crippen molar-refractivity contribution >= 4 is 17.7 Å². The van der Waals surface area contributed by atoms with Gasteiger partial charge in [0.25, 0.3) is 0 Å². The summed E-state index contributed by atoms with van der Waals surface area (Å²) in [6.45, 7) is 7.29. The zero-order chi connectivity index (χ0) is 13.6. The molecule has 3 nitrogen and oxygen atoms in total. The molecule has 0 atom stereocenters. The molecule has 100 valence electrons. The average Bonchev–Trinajstić information content (AvgIpc) is 2.33. The lowest BCUT2D eigenvalue weighted by molar-refractivity contribution is -0.137. The normalized spacial score (nSPS) is 11.3. The summed E-state index contributed by atoms with van der Waals surface area (Å²) in [7, 11) is 1.41. The number of carbonyl (C=O) groups excluding carboxylic acids is 1. The van der Waals surface area contributed by atoms with Crippen molar-refractivity contribution in [1.82, 2.24) is 5.32 Å². The molecule has 0 saturated carbocycles. The minimum atomic E-state index is -0.196. The molecule has 1 aromatic rings. The summed E-state index contributed by atoms with van der Waals surface area (Å²) in [5.74, 6) is 0.161. The monoisotopic (exact) mass is 267 g/mol. The Bertz CT molecular complexity index is 382. The summed E-state index contributed by atoms with van der Waals surface area (Å²) in [6.07, 6.45) is 0. The smallest absolute Gasteiger partial charge is 0.315 e. The van der Waals surface area contributed by atoms with Gasteiger partial charge in [-0.25, -0.2) is 0 Å². The van der Waals surface area contributed by atoms with E-state index in [-0.39, 0.29) is 11.5 Å². The molecule has 0 spiro atoms. The molecule has 18 heavy (non-hydrogen) atoms. The van der Waals surface area contributed by atoms with E-state index in [0.717, 1.165) is 11.4 Å². The summed E-state index contributed by atoms with van der Waals surface area (Å²) in [5.41, 5.74) is 1.37. The van der Waals surface area contributed by atoms with Gasteiger partial charge in [0.15, 0.2) is 0 Å². The van der Waals surface area contributed by atoms with E-state index in [9.17, 15) is 4.79 Å². The lowest BCUT2D eigenvalue weighted by Crippen LogP contribution is -2.35. The molecule has 0 aliphatic carbocycles.